The van der Waals surface area contributed by atoms with Gasteiger partial charge in [-0.2, -0.15) is 0 Å². The van der Waals surface area contributed by atoms with Gasteiger partial charge in [-0.25, -0.2) is 0 Å². The molecule has 1 amide bonds. The molecule has 0 aliphatic heterocycles. The standard InChI is InChI=1S/C17H18N2O3/c1-10-7-12(3)16(13(4)8-10)18-17(20)15-9-14(19(21)22)6-5-11(15)2/h5-9H,1-4H3,(H,18,20). The van der Waals surface area contributed by atoms with Gasteiger partial charge in [0.15, 0.2) is 0 Å². The fourth-order valence-electron chi connectivity index (χ4n) is 2.53. The third kappa shape index (κ3) is 3.14. The molecule has 5 nitrogen and oxygen atoms in total. The van der Waals surface area contributed by atoms with Crippen molar-refractivity contribution in [3.05, 3.63) is 68.3 Å². The van der Waals surface area contributed by atoms with E-state index in [0.29, 0.717) is 11.1 Å². The lowest BCUT2D eigenvalue weighted by atomic mass is 10.0. The van der Waals surface area contributed by atoms with Gasteiger partial charge in [0, 0.05) is 23.4 Å². The van der Waals surface area contributed by atoms with E-state index in [4.69, 9.17) is 0 Å². The van der Waals surface area contributed by atoms with E-state index in [0.717, 1.165) is 22.4 Å². The molecule has 0 radical (unpaired) electrons. The molecule has 0 unspecified atom stereocenters. The fraction of sp³-hybridized carbons (Fsp3) is 0.235. The number of amides is 1. The van der Waals surface area contributed by atoms with E-state index < -0.39 is 4.92 Å². The second-order valence-electron chi connectivity index (χ2n) is 5.48. The molecule has 0 aromatic heterocycles. The zero-order valence-corrected chi connectivity index (χ0v) is 13.1. The number of hydrogen-bond acceptors (Lipinski definition) is 3. The minimum atomic E-state index is -0.501. The maximum atomic E-state index is 12.5. The molecule has 22 heavy (non-hydrogen) atoms. The van der Waals surface area contributed by atoms with Crippen molar-refractivity contribution in [3.63, 3.8) is 0 Å². The molecular formula is C17H18N2O3. The number of non-ortho nitro benzene ring substituents is 1. The van der Waals surface area contributed by atoms with Gasteiger partial charge in [-0.1, -0.05) is 23.8 Å². The normalized spacial score (nSPS) is 10.4. The average molecular weight is 298 g/mol. The van der Waals surface area contributed by atoms with Gasteiger partial charge < -0.3 is 5.32 Å². The quantitative estimate of drug-likeness (QED) is 0.685. The molecule has 0 fully saturated rings. The number of aryl methyl sites for hydroxylation is 4. The summed E-state index contributed by atoms with van der Waals surface area (Å²) in [4.78, 5) is 22.8. The molecule has 0 aliphatic rings. The highest BCUT2D eigenvalue weighted by Gasteiger charge is 2.16. The predicted octanol–water partition coefficient (Wildman–Crippen LogP) is 4.08. The highest BCUT2D eigenvalue weighted by atomic mass is 16.6. The summed E-state index contributed by atoms with van der Waals surface area (Å²) in [6, 6.07) is 8.27. The molecule has 5 heteroatoms. The predicted molar refractivity (Wildman–Crippen MR) is 86.4 cm³/mol. The van der Waals surface area contributed by atoms with Crippen LogP contribution in [0.15, 0.2) is 30.3 Å². The first-order chi connectivity index (χ1) is 10.3. The van der Waals surface area contributed by atoms with E-state index >= 15 is 0 Å². The highest BCUT2D eigenvalue weighted by molar-refractivity contribution is 6.06. The third-order valence-corrected chi connectivity index (χ3v) is 3.59. The molecule has 0 heterocycles. The molecule has 2 aromatic carbocycles. The molecule has 2 aromatic rings. The Bertz CT molecular complexity index is 743. The summed E-state index contributed by atoms with van der Waals surface area (Å²) in [6.45, 7) is 7.61. The molecule has 1 N–H and O–H groups in total. The Morgan fingerprint density at radius 2 is 1.59 bits per heavy atom. The van der Waals surface area contributed by atoms with E-state index in [1.54, 1.807) is 13.0 Å². The van der Waals surface area contributed by atoms with Crippen LogP contribution in [-0.2, 0) is 0 Å². The first kappa shape index (κ1) is 15.7. The van der Waals surface area contributed by atoms with Gasteiger partial charge in [-0.05, 0) is 44.4 Å². The van der Waals surface area contributed by atoms with Crippen molar-refractivity contribution in [2.75, 3.05) is 5.32 Å². The maximum Gasteiger partial charge on any atom is 0.270 e. The lowest BCUT2D eigenvalue weighted by molar-refractivity contribution is -0.384. The number of anilines is 1. The van der Waals surface area contributed by atoms with Crippen LogP contribution >= 0.6 is 0 Å². The fourth-order valence-corrected chi connectivity index (χ4v) is 2.53. The van der Waals surface area contributed by atoms with Gasteiger partial charge >= 0.3 is 0 Å². The van der Waals surface area contributed by atoms with Crippen molar-refractivity contribution in [2.24, 2.45) is 0 Å². The van der Waals surface area contributed by atoms with Gasteiger partial charge in [0.25, 0.3) is 11.6 Å². The lowest BCUT2D eigenvalue weighted by Crippen LogP contribution is -2.15. The summed E-state index contributed by atoms with van der Waals surface area (Å²) in [5, 5.41) is 13.7. The summed E-state index contributed by atoms with van der Waals surface area (Å²) < 4.78 is 0. The Hall–Kier alpha value is -2.69. The van der Waals surface area contributed by atoms with Gasteiger partial charge in [0.1, 0.15) is 0 Å². The van der Waals surface area contributed by atoms with Crippen molar-refractivity contribution in [3.8, 4) is 0 Å². The Morgan fingerprint density at radius 1 is 1.00 bits per heavy atom. The second kappa shape index (κ2) is 5.97. The molecule has 0 spiro atoms. The van der Waals surface area contributed by atoms with E-state index in [1.165, 1.54) is 12.1 Å². The van der Waals surface area contributed by atoms with Crippen molar-refractivity contribution < 1.29 is 9.72 Å². The lowest BCUT2D eigenvalue weighted by Gasteiger charge is -2.13. The van der Waals surface area contributed by atoms with Gasteiger partial charge in [0.05, 0.1) is 4.92 Å². The first-order valence-electron chi connectivity index (χ1n) is 6.94. The highest BCUT2D eigenvalue weighted by Crippen LogP contribution is 2.24. The average Bonchev–Trinajstić information content (AvgIpc) is 2.42. The molecule has 0 saturated carbocycles. The summed E-state index contributed by atoms with van der Waals surface area (Å²) in [5.41, 5.74) is 4.73. The monoisotopic (exact) mass is 298 g/mol. The van der Waals surface area contributed by atoms with Crippen molar-refractivity contribution in [1.29, 1.82) is 0 Å². The number of hydrogen-bond donors (Lipinski definition) is 1. The molecule has 0 bridgehead atoms. The number of nitrogens with zero attached hydrogens (tertiary/aromatic N) is 1. The van der Waals surface area contributed by atoms with Crippen LogP contribution in [0.25, 0.3) is 0 Å². The Labute approximate surface area is 129 Å². The van der Waals surface area contributed by atoms with E-state index in [2.05, 4.69) is 5.32 Å². The molecule has 114 valence electrons. The van der Waals surface area contributed by atoms with Crippen LogP contribution in [0.5, 0.6) is 0 Å². The molecule has 0 saturated heterocycles. The van der Waals surface area contributed by atoms with Crippen LogP contribution in [0.4, 0.5) is 11.4 Å². The van der Waals surface area contributed by atoms with E-state index in [1.807, 2.05) is 32.9 Å². The Kier molecular flexibility index (Phi) is 4.26. The van der Waals surface area contributed by atoms with Crippen molar-refractivity contribution in [2.45, 2.75) is 27.7 Å². The topological polar surface area (TPSA) is 72.2 Å². The summed E-state index contributed by atoms with van der Waals surface area (Å²) in [5.74, 6) is -0.337. The summed E-state index contributed by atoms with van der Waals surface area (Å²) in [7, 11) is 0. The Balaban J connectivity index is 2.38. The van der Waals surface area contributed by atoms with Gasteiger partial charge in [0.2, 0.25) is 0 Å². The number of carbonyl (C=O) groups is 1. The van der Waals surface area contributed by atoms with Crippen LogP contribution in [0.3, 0.4) is 0 Å². The van der Waals surface area contributed by atoms with Crippen LogP contribution in [-0.4, -0.2) is 10.8 Å². The smallest absolute Gasteiger partial charge is 0.270 e. The van der Waals surface area contributed by atoms with Crippen LogP contribution < -0.4 is 5.32 Å². The number of carbonyl (C=O) groups excluding carboxylic acids is 1. The second-order valence-corrected chi connectivity index (χ2v) is 5.48. The summed E-state index contributed by atoms with van der Waals surface area (Å²) in [6.07, 6.45) is 0. The number of rotatable bonds is 3. The zero-order valence-electron chi connectivity index (χ0n) is 13.1. The number of nitro benzene ring substituents is 1. The van der Waals surface area contributed by atoms with Gasteiger partial charge in [-0.3, -0.25) is 14.9 Å². The van der Waals surface area contributed by atoms with E-state index in [-0.39, 0.29) is 11.6 Å². The molecule has 2 rings (SSSR count). The van der Waals surface area contributed by atoms with Crippen molar-refractivity contribution in [1.82, 2.24) is 0 Å². The van der Waals surface area contributed by atoms with Crippen molar-refractivity contribution >= 4 is 17.3 Å². The third-order valence-electron chi connectivity index (χ3n) is 3.59. The first-order valence-corrected chi connectivity index (χ1v) is 6.94. The zero-order chi connectivity index (χ0) is 16.4. The van der Waals surface area contributed by atoms with E-state index in [9.17, 15) is 14.9 Å². The SMILES string of the molecule is Cc1cc(C)c(NC(=O)c2cc([N+](=O)[O-])ccc2C)c(C)c1. The number of nitro groups is 1. The Morgan fingerprint density at radius 3 is 2.14 bits per heavy atom. The number of nitrogens with one attached hydrogen (secondary N) is 1. The minimum Gasteiger partial charge on any atom is -0.321 e. The summed E-state index contributed by atoms with van der Waals surface area (Å²) >= 11 is 0. The van der Waals surface area contributed by atoms with Crippen LogP contribution in [0.2, 0.25) is 0 Å². The maximum absolute atomic E-state index is 12.5. The van der Waals surface area contributed by atoms with Gasteiger partial charge in [-0.15, -0.1) is 0 Å². The molecular weight excluding hydrogens is 280 g/mol. The molecule has 0 atom stereocenters. The minimum absolute atomic E-state index is 0.0897. The van der Waals surface area contributed by atoms with Crippen LogP contribution in [0, 0.1) is 37.8 Å². The number of benzene rings is 2. The van der Waals surface area contributed by atoms with Crippen LogP contribution in [0.1, 0.15) is 32.6 Å². The molecule has 0 aliphatic carbocycles. The largest absolute Gasteiger partial charge is 0.321 e.